The highest BCUT2D eigenvalue weighted by Gasteiger charge is 2.27. The van der Waals surface area contributed by atoms with Gasteiger partial charge < -0.3 is 0 Å². The summed E-state index contributed by atoms with van der Waals surface area (Å²) in [6.45, 7) is 4.76. The lowest BCUT2D eigenvalue weighted by Gasteiger charge is -2.31. The molecule has 0 bridgehead atoms. The van der Waals surface area contributed by atoms with Crippen LogP contribution in [-0.4, -0.2) is 61.7 Å². The van der Waals surface area contributed by atoms with Crippen molar-refractivity contribution in [2.24, 2.45) is 5.10 Å². The van der Waals surface area contributed by atoms with E-state index in [0.717, 1.165) is 42.3 Å². The van der Waals surface area contributed by atoms with E-state index in [-0.39, 0.29) is 23.5 Å². The van der Waals surface area contributed by atoms with Crippen molar-refractivity contribution >= 4 is 23.4 Å². The maximum Gasteiger partial charge on any atom is 0.253 e. The molecule has 0 spiro atoms. The molecule has 9 heteroatoms. The van der Waals surface area contributed by atoms with Crippen LogP contribution in [0.5, 0.6) is 0 Å². The monoisotopic (exact) mass is 492 g/mol. The quantitative estimate of drug-likeness (QED) is 0.448. The summed E-state index contributed by atoms with van der Waals surface area (Å²) in [7, 11) is 0. The van der Waals surface area contributed by atoms with E-state index in [4.69, 9.17) is 0 Å². The molecule has 3 heterocycles. The standard InChI is InChI=1S/C26H29FN6OS/c1-19(31-15-6-3-7-16-31)25-28-29-26(33(25)22-12-10-21(27)11-13-22)35-18-24(34)32-17-14-23(30-32)20-8-4-2-5-9-20/h2,4-5,8-13,19H,3,6-7,14-18H2,1H3. The molecule has 0 aliphatic carbocycles. The van der Waals surface area contributed by atoms with Gasteiger partial charge in [-0.1, -0.05) is 48.5 Å². The minimum atomic E-state index is -0.294. The molecular formula is C26H29FN6OS. The number of rotatable bonds is 7. The van der Waals surface area contributed by atoms with Crippen LogP contribution < -0.4 is 0 Å². The molecule has 1 saturated heterocycles. The van der Waals surface area contributed by atoms with Crippen LogP contribution in [-0.2, 0) is 4.79 Å². The number of likely N-dealkylation sites (tertiary alicyclic amines) is 1. The Morgan fingerprint density at radius 1 is 1.00 bits per heavy atom. The Morgan fingerprint density at radius 2 is 1.74 bits per heavy atom. The molecule has 7 nitrogen and oxygen atoms in total. The van der Waals surface area contributed by atoms with Gasteiger partial charge in [-0.15, -0.1) is 10.2 Å². The topological polar surface area (TPSA) is 66.6 Å². The Hall–Kier alpha value is -3.04. The summed E-state index contributed by atoms with van der Waals surface area (Å²) in [5.41, 5.74) is 2.76. The predicted molar refractivity (Wildman–Crippen MR) is 135 cm³/mol. The van der Waals surface area contributed by atoms with Crippen LogP contribution in [0, 0.1) is 5.82 Å². The summed E-state index contributed by atoms with van der Waals surface area (Å²) < 4.78 is 15.6. The first-order valence-electron chi connectivity index (χ1n) is 12.1. The number of benzene rings is 2. The second-order valence-electron chi connectivity index (χ2n) is 8.89. The maximum absolute atomic E-state index is 13.6. The summed E-state index contributed by atoms with van der Waals surface area (Å²) >= 11 is 1.34. The van der Waals surface area contributed by atoms with E-state index in [1.807, 2.05) is 34.9 Å². The lowest BCUT2D eigenvalue weighted by atomic mass is 10.1. The fraction of sp³-hybridized carbons (Fsp3) is 0.385. The van der Waals surface area contributed by atoms with Gasteiger partial charge in [-0.2, -0.15) is 5.10 Å². The minimum Gasteiger partial charge on any atom is -0.294 e. The molecule has 1 atom stereocenters. The van der Waals surface area contributed by atoms with Gasteiger partial charge in [-0.25, -0.2) is 9.40 Å². The number of piperidine rings is 1. The molecule has 1 fully saturated rings. The summed E-state index contributed by atoms with van der Waals surface area (Å²) in [6, 6.07) is 16.3. The molecule has 1 amide bonds. The number of nitrogens with zero attached hydrogens (tertiary/aromatic N) is 6. The second-order valence-corrected chi connectivity index (χ2v) is 9.84. The third kappa shape index (κ3) is 5.31. The smallest absolute Gasteiger partial charge is 0.253 e. The van der Waals surface area contributed by atoms with E-state index in [9.17, 15) is 9.18 Å². The summed E-state index contributed by atoms with van der Waals surface area (Å²) in [4.78, 5) is 15.4. The van der Waals surface area contributed by atoms with Crippen LogP contribution in [0.1, 0.15) is 50.0 Å². The summed E-state index contributed by atoms with van der Waals surface area (Å²) in [6.07, 6.45) is 4.34. The predicted octanol–water partition coefficient (Wildman–Crippen LogP) is 4.68. The van der Waals surface area contributed by atoms with Crippen LogP contribution in [0.25, 0.3) is 5.69 Å². The first-order chi connectivity index (χ1) is 17.1. The van der Waals surface area contributed by atoms with Gasteiger partial charge in [0.2, 0.25) is 0 Å². The molecule has 5 rings (SSSR count). The number of hydrogen-bond acceptors (Lipinski definition) is 6. The lowest BCUT2D eigenvalue weighted by Crippen LogP contribution is -2.33. The van der Waals surface area contributed by atoms with Crippen molar-refractivity contribution < 1.29 is 9.18 Å². The molecule has 3 aromatic rings. The molecule has 0 N–H and O–H groups in total. The van der Waals surface area contributed by atoms with Crippen LogP contribution >= 0.6 is 11.8 Å². The molecule has 2 aliphatic rings. The van der Waals surface area contributed by atoms with Crippen molar-refractivity contribution in [3.05, 3.63) is 71.8 Å². The number of carbonyl (C=O) groups is 1. The Morgan fingerprint density at radius 3 is 2.49 bits per heavy atom. The molecule has 0 saturated carbocycles. The zero-order chi connectivity index (χ0) is 24.2. The second kappa shape index (κ2) is 10.7. The first-order valence-corrected chi connectivity index (χ1v) is 13.1. The normalized spacial score (nSPS) is 17.4. The highest BCUT2D eigenvalue weighted by atomic mass is 32.2. The SMILES string of the molecule is CC(c1nnc(SCC(=O)N2CCC(c3ccccc3)=N2)n1-c1ccc(F)cc1)N1CCCCC1. The van der Waals surface area contributed by atoms with Gasteiger partial charge in [0.05, 0.1) is 24.1 Å². The van der Waals surface area contributed by atoms with Crippen molar-refractivity contribution in [3.8, 4) is 5.69 Å². The Balaban J connectivity index is 1.34. The summed E-state index contributed by atoms with van der Waals surface area (Å²) in [5, 5.41) is 15.7. The van der Waals surface area contributed by atoms with Gasteiger partial charge in [-0.3, -0.25) is 14.3 Å². The molecule has 1 unspecified atom stereocenters. The van der Waals surface area contributed by atoms with E-state index in [2.05, 4.69) is 27.1 Å². The molecule has 0 radical (unpaired) electrons. The molecule has 1 aromatic heterocycles. The largest absolute Gasteiger partial charge is 0.294 e. The van der Waals surface area contributed by atoms with E-state index in [0.29, 0.717) is 11.7 Å². The zero-order valence-corrected chi connectivity index (χ0v) is 20.6. The van der Waals surface area contributed by atoms with Gasteiger partial charge in [0.25, 0.3) is 5.91 Å². The molecular weight excluding hydrogens is 463 g/mol. The first kappa shape index (κ1) is 23.7. The number of amides is 1. The van der Waals surface area contributed by atoms with Crippen molar-refractivity contribution in [1.29, 1.82) is 0 Å². The van der Waals surface area contributed by atoms with Crippen LogP contribution in [0.4, 0.5) is 4.39 Å². The van der Waals surface area contributed by atoms with Crippen molar-refractivity contribution in [3.63, 3.8) is 0 Å². The Bertz CT molecular complexity index is 1190. The number of thioether (sulfide) groups is 1. The van der Waals surface area contributed by atoms with Gasteiger partial charge >= 0.3 is 0 Å². The molecule has 2 aromatic carbocycles. The van der Waals surface area contributed by atoms with E-state index < -0.39 is 0 Å². The van der Waals surface area contributed by atoms with Crippen LogP contribution in [0.15, 0.2) is 64.9 Å². The summed E-state index contributed by atoms with van der Waals surface area (Å²) in [5.74, 6) is 0.639. The van der Waals surface area contributed by atoms with Gasteiger partial charge in [-0.05, 0) is 62.7 Å². The lowest BCUT2D eigenvalue weighted by molar-refractivity contribution is -0.127. The van der Waals surface area contributed by atoms with Crippen LogP contribution in [0.2, 0.25) is 0 Å². The van der Waals surface area contributed by atoms with Gasteiger partial charge in [0.15, 0.2) is 11.0 Å². The van der Waals surface area contributed by atoms with E-state index >= 15 is 0 Å². The third-order valence-electron chi connectivity index (χ3n) is 6.58. The van der Waals surface area contributed by atoms with Gasteiger partial charge in [0.1, 0.15) is 5.82 Å². The maximum atomic E-state index is 13.6. The average molecular weight is 493 g/mol. The third-order valence-corrected chi connectivity index (χ3v) is 7.49. The average Bonchev–Trinajstić information content (AvgIpc) is 3.56. The number of hydrazone groups is 1. The zero-order valence-electron chi connectivity index (χ0n) is 19.8. The van der Waals surface area contributed by atoms with E-state index in [1.54, 1.807) is 17.1 Å². The fourth-order valence-electron chi connectivity index (χ4n) is 4.62. The molecule has 2 aliphatic heterocycles. The highest BCUT2D eigenvalue weighted by Crippen LogP contribution is 2.30. The van der Waals surface area contributed by atoms with Gasteiger partial charge in [0, 0.05) is 12.1 Å². The fourth-order valence-corrected chi connectivity index (χ4v) is 5.45. The van der Waals surface area contributed by atoms with Crippen LogP contribution in [0.3, 0.4) is 0 Å². The number of carbonyl (C=O) groups excluding carboxylic acids is 1. The van der Waals surface area contributed by atoms with E-state index in [1.165, 1.54) is 43.2 Å². The number of halogens is 1. The molecule has 182 valence electrons. The molecule has 35 heavy (non-hydrogen) atoms. The Labute approximate surface area is 209 Å². The van der Waals surface area contributed by atoms with Crippen molar-refractivity contribution in [2.45, 2.75) is 43.8 Å². The minimum absolute atomic E-state index is 0.0644. The van der Waals surface area contributed by atoms with Crippen molar-refractivity contribution in [1.82, 2.24) is 24.7 Å². The van der Waals surface area contributed by atoms with Crippen molar-refractivity contribution in [2.75, 3.05) is 25.4 Å². The Kier molecular flexibility index (Phi) is 7.24. The highest BCUT2D eigenvalue weighted by molar-refractivity contribution is 7.99. The number of aromatic nitrogens is 3. The number of hydrogen-bond donors (Lipinski definition) is 0.